The molecule has 1 amide bonds. The summed E-state index contributed by atoms with van der Waals surface area (Å²) < 4.78 is 27.0. The van der Waals surface area contributed by atoms with E-state index in [0.717, 1.165) is 27.9 Å². The second kappa shape index (κ2) is 8.06. The van der Waals surface area contributed by atoms with E-state index in [-0.39, 0.29) is 12.5 Å². The quantitative estimate of drug-likeness (QED) is 0.830. The van der Waals surface area contributed by atoms with Crippen LogP contribution >= 0.6 is 0 Å². The summed E-state index contributed by atoms with van der Waals surface area (Å²) in [6, 6.07) is 13.4. The summed E-state index contributed by atoms with van der Waals surface area (Å²) in [6.07, 6.45) is 2.77. The summed E-state index contributed by atoms with van der Waals surface area (Å²) in [7, 11) is -3.53. The first-order valence-corrected chi connectivity index (χ1v) is 10.6. The van der Waals surface area contributed by atoms with Crippen LogP contribution in [0.15, 0.2) is 47.9 Å². The maximum atomic E-state index is 12.2. The lowest BCUT2D eigenvalue weighted by atomic mass is 9.99. The Labute approximate surface area is 160 Å². The van der Waals surface area contributed by atoms with Crippen LogP contribution in [-0.4, -0.2) is 20.9 Å². The molecule has 0 saturated heterocycles. The van der Waals surface area contributed by atoms with Crippen molar-refractivity contribution in [2.24, 2.45) is 0 Å². The van der Waals surface area contributed by atoms with Crippen LogP contribution in [0.5, 0.6) is 0 Å². The van der Waals surface area contributed by atoms with E-state index < -0.39 is 10.0 Å². The molecule has 3 rings (SSSR count). The van der Waals surface area contributed by atoms with Gasteiger partial charge in [0.2, 0.25) is 15.9 Å². The van der Waals surface area contributed by atoms with Crippen LogP contribution in [0.4, 0.5) is 5.69 Å². The number of hydrogen-bond donors (Lipinski definition) is 1. The van der Waals surface area contributed by atoms with E-state index >= 15 is 0 Å². The molecule has 0 fully saturated rings. The summed E-state index contributed by atoms with van der Waals surface area (Å²) in [6.45, 7) is 4.80. The van der Waals surface area contributed by atoms with Gasteiger partial charge in [0.25, 0.3) is 0 Å². The molecule has 142 valence electrons. The number of hydrogen-bond acceptors (Lipinski definition) is 3. The number of nitrogens with one attached hydrogen (secondary N) is 1. The zero-order chi connectivity index (χ0) is 19.4. The Morgan fingerprint density at radius 3 is 2.56 bits per heavy atom. The van der Waals surface area contributed by atoms with E-state index in [9.17, 15) is 13.2 Å². The number of rotatable bonds is 6. The molecule has 0 aliphatic carbocycles. The lowest BCUT2D eigenvalue weighted by molar-refractivity contribution is -0.118. The van der Waals surface area contributed by atoms with Crippen molar-refractivity contribution in [1.82, 2.24) is 4.72 Å². The van der Waals surface area contributed by atoms with E-state index in [1.807, 2.05) is 56.3 Å². The van der Waals surface area contributed by atoms with E-state index in [1.54, 1.807) is 11.0 Å². The van der Waals surface area contributed by atoms with Crippen molar-refractivity contribution in [3.8, 4) is 0 Å². The van der Waals surface area contributed by atoms with E-state index in [4.69, 9.17) is 0 Å². The Kier molecular flexibility index (Phi) is 5.77. The predicted octanol–water partition coefficient (Wildman–Crippen LogP) is 3.38. The summed E-state index contributed by atoms with van der Waals surface area (Å²) in [4.78, 5) is 13.7. The Morgan fingerprint density at radius 2 is 1.85 bits per heavy atom. The molecule has 6 heteroatoms. The van der Waals surface area contributed by atoms with Crippen molar-refractivity contribution in [2.45, 2.75) is 33.2 Å². The Balaban J connectivity index is 1.67. The van der Waals surface area contributed by atoms with Crippen molar-refractivity contribution in [3.05, 3.63) is 70.1 Å². The van der Waals surface area contributed by atoms with E-state index in [2.05, 4.69) is 4.72 Å². The molecule has 27 heavy (non-hydrogen) atoms. The molecule has 0 aromatic heterocycles. The van der Waals surface area contributed by atoms with Gasteiger partial charge in [0, 0.05) is 30.6 Å². The minimum Gasteiger partial charge on any atom is -0.312 e. The fourth-order valence-electron chi connectivity index (χ4n) is 3.15. The van der Waals surface area contributed by atoms with Gasteiger partial charge in [0.05, 0.1) is 0 Å². The number of fused-ring (bicyclic) bond motifs is 1. The molecule has 1 aliphatic rings. The topological polar surface area (TPSA) is 66.5 Å². The highest BCUT2D eigenvalue weighted by molar-refractivity contribution is 7.92. The highest BCUT2D eigenvalue weighted by Gasteiger charge is 2.22. The van der Waals surface area contributed by atoms with Crippen molar-refractivity contribution in [1.29, 1.82) is 0 Å². The minimum absolute atomic E-state index is 0.139. The van der Waals surface area contributed by atoms with Crippen molar-refractivity contribution in [2.75, 3.05) is 11.4 Å². The predicted molar refractivity (Wildman–Crippen MR) is 109 cm³/mol. The SMILES string of the molecule is CCN1C(=O)CCc2cc(CNS(=O)(=O)/C=C/c3ccc(C)cc3)ccc21. The summed E-state index contributed by atoms with van der Waals surface area (Å²) in [5.74, 6) is 0.139. The van der Waals surface area contributed by atoms with Gasteiger partial charge >= 0.3 is 0 Å². The van der Waals surface area contributed by atoms with Gasteiger partial charge in [-0.1, -0.05) is 42.0 Å². The van der Waals surface area contributed by atoms with Gasteiger partial charge < -0.3 is 4.90 Å². The molecule has 1 N–H and O–H groups in total. The number of anilines is 1. The second-order valence-corrected chi connectivity index (χ2v) is 8.33. The number of amides is 1. The molecule has 5 nitrogen and oxygen atoms in total. The van der Waals surface area contributed by atoms with Gasteiger partial charge in [0.1, 0.15) is 0 Å². The molecule has 1 heterocycles. The third kappa shape index (κ3) is 4.84. The molecule has 2 aromatic carbocycles. The van der Waals surface area contributed by atoms with Gasteiger partial charge in [-0.15, -0.1) is 0 Å². The average molecular weight is 385 g/mol. The molecule has 1 aliphatic heterocycles. The Bertz CT molecular complexity index is 963. The van der Waals surface area contributed by atoms with E-state index in [1.165, 1.54) is 5.41 Å². The molecule has 2 aromatic rings. The lowest BCUT2D eigenvalue weighted by Crippen LogP contribution is -2.34. The molecular formula is C21H24N2O3S. The largest absolute Gasteiger partial charge is 0.312 e. The van der Waals surface area contributed by atoms with Gasteiger partial charge in [-0.3, -0.25) is 4.79 Å². The van der Waals surface area contributed by atoms with Crippen LogP contribution in [0.3, 0.4) is 0 Å². The van der Waals surface area contributed by atoms with E-state index in [0.29, 0.717) is 19.4 Å². The fraction of sp³-hybridized carbons (Fsp3) is 0.286. The van der Waals surface area contributed by atoms with Gasteiger partial charge in [-0.2, -0.15) is 0 Å². The highest BCUT2D eigenvalue weighted by Crippen LogP contribution is 2.28. The molecule has 0 atom stereocenters. The second-order valence-electron chi connectivity index (χ2n) is 6.68. The van der Waals surface area contributed by atoms with Crippen LogP contribution in [0, 0.1) is 6.92 Å². The van der Waals surface area contributed by atoms with Gasteiger partial charge in [-0.05, 0) is 49.1 Å². The molecule has 0 saturated carbocycles. The average Bonchev–Trinajstić information content (AvgIpc) is 2.66. The highest BCUT2D eigenvalue weighted by atomic mass is 32.2. The normalized spacial score (nSPS) is 14.6. The number of sulfonamides is 1. The number of aryl methyl sites for hydroxylation is 2. The molecule has 0 unspecified atom stereocenters. The van der Waals surface area contributed by atoms with Crippen LogP contribution in [0.25, 0.3) is 6.08 Å². The van der Waals surface area contributed by atoms with Crippen LogP contribution < -0.4 is 9.62 Å². The van der Waals surface area contributed by atoms with Crippen molar-refractivity contribution < 1.29 is 13.2 Å². The Morgan fingerprint density at radius 1 is 1.11 bits per heavy atom. The molecule has 0 spiro atoms. The van der Waals surface area contributed by atoms with Crippen molar-refractivity contribution >= 4 is 27.7 Å². The fourth-order valence-corrected chi connectivity index (χ4v) is 3.95. The summed E-state index contributed by atoms with van der Waals surface area (Å²) in [5.41, 5.74) is 4.86. The first-order valence-electron chi connectivity index (χ1n) is 9.04. The van der Waals surface area contributed by atoms with Crippen LogP contribution in [0.1, 0.15) is 35.6 Å². The first-order chi connectivity index (χ1) is 12.9. The summed E-state index contributed by atoms with van der Waals surface area (Å²) in [5, 5.41) is 1.19. The van der Waals surface area contributed by atoms with Crippen molar-refractivity contribution in [3.63, 3.8) is 0 Å². The monoisotopic (exact) mass is 384 g/mol. The lowest BCUT2D eigenvalue weighted by Gasteiger charge is -2.28. The number of benzene rings is 2. The maximum absolute atomic E-state index is 12.2. The number of carbonyl (C=O) groups is 1. The minimum atomic E-state index is -3.53. The zero-order valence-electron chi connectivity index (χ0n) is 15.6. The Hall–Kier alpha value is -2.44. The first kappa shape index (κ1) is 19.3. The maximum Gasteiger partial charge on any atom is 0.234 e. The number of carbonyl (C=O) groups excluding carboxylic acids is 1. The molecule has 0 radical (unpaired) electrons. The zero-order valence-corrected chi connectivity index (χ0v) is 16.4. The third-order valence-corrected chi connectivity index (χ3v) is 5.70. The van der Waals surface area contributed by atoms with Gasteiger partial charge in [0.15, 0.2) is 0 Å². The molecular weight excluding hydrogens is 360 g/mol. The molecule has 0 bridgehead atoms. The van der Waals surface area contributed by atoms with Crippen LogP contribution in [-0.2, 0) is 27.8 Å². The summed E-state index contributed by atoms with van der Waals surface area (Å²) >= 11 is 0. The van der Waals surface area contributed by atoms with Gasteiger partial charge in [-0.25, -0.2) is 13.1 Å². The standard InChI is InChI=1S/C21H24N2O3S/c1-3-23-20-10-8-18(14-19(20)9-11-21(23)24)15-22-27(25,26)13-12-17-6-4-16(2)5-7-17/h4-8,10,12-14,22H,3,9,11,15H2,1-2H3/b13-12+. The number of nitrogens with zero attached hydrogens (tertiary/aromatic N) is 1. The third-order valence-electron chi connectivity index (χ3n) is 4.65. The smallest absolute Gasteiger partial charge is 0.234 e. The van der Waals surface area contributed by atoms with Crippen LogP contribution in [0.2, 0.25) is 0 Å².